The van der Waals surface area contributed by atoms with E-state index in [4.69, 9.17) is 0 Å². The lowest BCUT2D eigenvalue weighted by Crippen LogP contribution is -2.36. The highest BCUT2D eigenvalue weighted by molar-refractivity contribution is 5.96. The molecule has 2 amide bonds. The van der Waals surface area contributed by atoms with Crippen molar-refractivity contribution in [3.8, 4) is 0 Å². The van der Waals surface area contributed by atoms with Crippen molar-refractivity contribution in [2.75, 3.05) is 18.9 Å². The zero-order chi connectivity index (χ0) is 20.1. The van der Waals surface area contributed by atoms with Gasteiger partial charge in [-0.2, -0.15) is 0 Å². The van der Waals surface area contributed by atoms with E-state index in [0.717, 1.165) is 22.4 Å². The topological polar surface area (TPSA) is 92.6 Å². The molecule has 2 rings (SSSR count). The van der Waals surface area contributed by atoms with Crippen molar-refractivity contribution >= 4 is 23.2 Å². The van der Waals surface area contributed by atoms with E-state index in [1.165, 1.54) is 17.0 Å². The first-order valence-electron chi connectivity index (χ1n) is 8.52. The highest BCUT2D eigenvalue weighted by Crippen LogP contribution is 2.21. The van der Waals surface area contributed by atoms with Crippen molar-refractivity contribution in [3.05, 3.63) is 68.8 Å². The minimum Gasteiger partial charge on any atom is -0.336 e. The predicted molar refractivity (Wildman–Crippen MR) is 104 cm³/mol. The van der Waals surface area contributed by atoms with Crippen molar-refractivity contribution < 1.29 is 14.5 Å². The SMILES string of the molecule is Cc1cc(C)c(NC(=O)CN(C)C(=O)Cc2ccc([N+](=O)[O-])cc2)c(C)c1. The van der Waals surface area contributed by atoms with Crippen LogP contribution in [-0.2, 0) is 16.0 Å². The van der Waals surface area contributed by atoms with Crippen molar-refractivity contribution in [2.24, 2.45) is 0 Å². The third kappa shape index (κ3) is 5.37. The molecule has 7 nitrogen and oxygen atoms in total. The number of nitro groups is 1. The van der Waals surface area contributed by atoms with Gasteiger partial charge < -0.3 is 10.2 Å². The van der Waals surface area contributed by atoms with Crippen LogP contribution in [0.1, 0.15) is 22.3 Å². The standard InChI is InChI=1S/C20H23N3O4/c1-13-9-14(2)20(15(3)10-13)21-18(24)12-22(4)19(25)11-16-5-7-17(8-6-16)23(26)27/h5-10H,11-12H2,1-4H3,(H,21,24). The zero-order valence-corrected chi connectivity index (χ0v) is 15.9. The summed E-state index contributed by atoms with van der Waals surface area (Å²) < 4.78 is 0. The molecule has 0 aliphatic rings. The van der Waals surface area contributed by atoms with Crippen LogP contribution < -0.4 is 5.32 Å². The van der Waals surface area contributed by atoms with Gasteiger partial charge in [0, 0.05) is 24.9 Å². The average molecular weight is 369 g/mol. The summed E-state index contributed by atoms with van der Waals surface area (Å²) in [7, 11) is 1.56. The lowest BCUT2D eigenvalue weighted by molar-refractivity contribution is -0.384. The van der Waals surface area contributed by atoms with E-state index in [2.05, 4.69) is 5.32 Å². The number of hydrogen-bond donors (Lipinski definition) is 1. The first kappa shape index (κ1) is 20.1. The fourth-order valence-electron chi connectivity index (χ4n) is 2.90. The molecule has 0 heterocycles. The predicted octanol–water partition coefficient (Wildman–Crippen LogP) is 3.16. The molecule has 0 aliphatic heterocycles. The molecule has 1 N–H and O–H groups in total. The van der Waals surface area contributed by atoms with Crippen molar-refractivity contribution in [1.82, 2.24) is 4.90 Å². The van der Waals surface area contributed by atoms with E-state index in [1.54, 1.807) is 19.2 Å². The van der Waals surface area contributed by atoms with Crippen LogP contribution >= 0.6 is 0 Å². The third-order valence-corrected chi connectivity index (χ3v) is 4.25. The molecular weight excluding hydrogens is 346 g/mol. The molecule has 0 fully saturated rings. The number of anilines is 1. The number of rotatable bonds is 6. The van der Waals surface area contributed by atoms with E-state index in [1.807, 2.05) is 32.9 Å². The van der Waals surface area contributed by atoms with Crippen molar-refractivity contribution in [3.63, 3.8) is 0 Å². The Morgan fingerprint density at radius 2 is 1.63 bits per heavy atom. The summed E-state index contributed by atoms with van der Waals surface area (Å²) in [5.41, 5.74) is 4.47. The molecule has 0 saturated heterocycles. The van der Waals surface area contributed by atoms with Gasteiger partial charge >= 0.3 is 0 Å². The number of aryl methyl sites for hydroxylation is 3. The minimum atomic E-state index is -0.489. The number of likely N-dealkylation sites (N-methyl/N-ethyl adjacent to an activating group) is 1. The Balaban J connectivity index is 1.95. The highest BCUT2D eigenvalue weighted by atomic mass is 16.6. The van der Waals surface area contributed by atoms with Gasteiger partial charge in [-0.3, -0.25) is 19.7 Å². The van der Waals surface area contributed by atoms with Gasteiger partial charge in [-0.1, -0.05) is 29.8 Å². The van der Waals surface area contributed by atoms with Gasteiger partial charge in [-0.15, -0.1) is 0 Å². The smallest absolute Gasteiger partial charge is 0.269 e. The Kier molecular flexibility index (Phi) is 6.28. The van der Waals surface area contributed by atoms with Gasteiger partial charge in [0.1, 0.15) is 0 Å². The molecule has 0 bridgehead atoms. The monoisotopic (exact) mass is 369 g/mol. The number of carbonyl (C=O) groups excluding carboxylic acids is 2. The summed E-state index contributed by atoms with van der Waals surface area (Å²) in [5, 5.41) is 13.5. The summed E-state index contributed by atoms with van der Waals surface area (Å²) in [6.07, 6.45) is 0.0738. The Morgan fingerprint density at radius 1 is 1.07 bits per heavy atom. The number of nitro benzene ring substituents is 1. The van der Waals surface area contributed by atoms with Crippen LogP contribution in [0.15, 0.2) is 36.4 Å². The molecule has 142 valence electrons. The normalized spacial score (nSPS) is 10.4. The average Bonchev–Trinajstić information content (AvgIpc) is 2.58. The summed E-state index contributed by atoms with van der Waals surface area (Å²) in [5.74, 6) is -0.513. The van der Waals surface area contributed by atoms with Crippen LogP contribution in [0.5, 0.6) is 0 Å². The molecule has 2 aromatic rings. The second-order valence-electron chi connectivity index (χ2n) is 6.67. The molecule has 0 atom stereocenters. The van der Waals surface area contributed by atoms with Gasteiger partial charge in [-0.25, -0.2) is 0 Å². The number of non-ortho nitro benzene ring substituents is 1. The molecule has 0 radical (unpaired) electrons. The Labute approximate surface area is 158 Å². The quantitative estimate of drug-likeness (QED) is 0.625. The fraction of sp³-hybridized carbons (Fsp3) is 0.300. The second kappa shape index (κ2) is 8.44. The third-order valence-electron chi connectivity index (χ3n) is 4.25. The van der Waals surface area contributed by atoms with Crippen LogP contribution in [-0.4, -0.2) is 35.2 Å². The Bertz CT molecular complexity index is 852. The van der Waals surface area contributed by atoms with Crippen LogP contribution in [0.4, 0.5) is 11.4 Å². The van der Waals surface area contributed by atoms with Crippen LogP contribution in [0, 0.1) is 30.9 Å². The number of carbonyl (C=O) groups is 2. The fourth-order valence-corrected chi connectivity index (χ4v) is 2.90. The maximum absolute atomic E-state index is 12.3. The molecule has 27 heavy (non-hydrogen) atoms. The summed E-state index contributed by atoms with van der Waals surface area (Å²) >= 11 is 0. The largest absolute Gasteiger partial charge is 0.336 e. The van der Waals surface area contributed by atoms with E-state index in [9.17, 15) is 19.7 Å². The zero-order valence-electron chi connectivity index (χ0n) is 15.9. The van der Waals surface area contributed by atoms with Crippen LogP contribution in [0.3, 0.4) is 0 Å². The van der Waals surface area contributed by atoms with Gasteiger partial charge in [0.15, 0.2) is 0 Å². The van der Waals surface area contributed by atoms with E-state index in [0.29, 0.717) is 5.56 Å². The Morgan fingerprint density at radius 3 is 2.15 bits per heavy atom. The first-order valence-corrected chi connectivity index (χ1v) is 8.52. The van der Waals surface area contributed by atoms with Crippen molar-refractivity contribution in [2.45, 2.75) is 27.2 Å². The number of benzene rings is 2. The number of nitrogens with zero attached hydrogens (tertiary/aromatic N) is 2. The van der Waals surface area contributed by atoms with Gasteiger partial charge in [0.05, 0.1) is 17.9 Å². The molecular formula is C20H23N3O4. The molecule has 7 heteroatoms. The number of nitrogens with one attached hydrogen (secondary N) is 1. The summed E-state index contributed by atoms with van der Waals surface area (Å²) in [6, 6.07) is 9.79. The summed E-state index contributed by atoms with van der Waals surface area (Å²) in [4.78, 5) is 36.1. The van der Waals surface area contributed by atoms with Gasteiger partial charge in [0.2, 0.25) is 11.8 Å². The van der Waals surface area contributed by atoms with E-state index in [-0.39, 0.29) is 30.5 Å². The number of amides is 2. The lowest BCUT2D eigenvalue weighted by Gasteiger charge is -2.18. The molecule has 2 aromatic carbocycles. The Hall–Kier alpha value is -3.22. The lowest BCUT2D eigenvalue weighted by atomic mass is 10.1. The molecule has 0 saturated carbocycles. The maximum Gasteiger partial charge on any atom is 0.269 e. The van der Waals surface area contributed by atoms with Gasteiger partial charge in [0.25, 0.3) is 5.69 Å². The highest BCUT2D eigenvalue weighted by Gasteiger charge is 2.16. The first-order chi connectivity index (χ1) is 12.7. The minimum absolute atomic E-state index is 0.0252. The molecule has 0 aliphatic carbocycles. The second-order valence-corrected chi connectivity index (χ2v) is 6.67. The van der Waals surface area contributed by atoms with E-state index >= 15 is 0 Å². The van der Waals surface area contributed by atoms with Crippen LogP contribution in [0.25, 0.3) is 0 Å². The molecule has 0 unspecified atom stereocenters. The summed E-state index contributed by atoms with van der Waals surface area (Å²) in [6.45, 7) is 5.78. The van der Waals surface area contributed by atoms with Crippen molar-refractivity contribution in [1.29, 1.82) is 0 Å². The van der Waals surface area contributed by atoms with E-state index < -0.39 is 4.92 Å². The molecule has 0 aromatic heterocycles. The number of hydrogen-bond acceptors (Lipinski definition) is 4. The van der Waals surface area contributed by atoms with Crippen LogP contribution in [0.2, 0.25) is 0 Å². The molecule has 0 spiro atoms. The maximum atomic E-state index is 12.3. The van der Waals surface area contributed by atoms with Gasteiger partial charge in [-0.05, 0) is 37.5 Å².